The summed E-state index contributed by atoms with van der Waals surface area (Å²) >= 11 is 0. The van der Waals surface area contributed by atoms with Crippen LogP contribution in [0.15, 0.2) is 30.3 Å². The fourth-order valence-electron chi connectivity index (χ4n) is 2.47. The van der Waals surface area contributed by atoms with Crippen molar-refractivity contribution in [3.8, 4) is 0 Å². The van der Waals surface area contributed by atoms with Gasteiger partial charge < -0.3 is 10.8 Å². The normalized spacial score (nSPS) is 14.3. The second-order valence-corrected chi connectivity index (χ2v) is 4.42. The Labute approximate surface area is 109 Å². The highest BCUT2D eigenvalue weighted by Gasteiger charge is 2.32. The van der Waals surface area contributed by atoms with Gasteiger partial charge in [0.2, 0.25) is 0 Å². The van der Waals surface area contributed by atoms with E-state index >= 15 is 0 Å². The molecule has 1 aliphatic rings. The van der Waals surface area contributed by atoms with Crippen molar-refractivity contribution in [2.75, 3.05) is 18.9 Å². The molecule has 2 amide bonds. The summed E-state index contributed by atoms with van der Waals surface area (Å²) in [6.07, 6.45) is 0. The van der Waals surface area contributed by atoms with Crippen molar-refractivity contribution < 1.29 is 14.7 Å². The monoisotopic (exact) mass is 256 g/mol. The van der Waals surface area contributed by atoms with Crippen LogP contribution in [0.4, 0.5) is 5.69 Å². The van der Waals surface area contributed by atoms with Crippen LogP contribution in [0.25, 0.3) is 10.8 Å². The zero-order chi connectivity index (χ0) is 13.6. The van der Waals surface area contributed by atoms with E-state index in [0.717, 1.165) is 4.90 Å². The van der Waals surface area contributed by atoms with E-state index in [2.05, 4.69) is 0 Å². The second kappa shape index (κ2) is 4.07. The molecule has 5 heteroatoms. The Balaban J connectivity index is 2.35. The topological polar surface area (TPSA) is 83.6 Å². The number of aliphatic hydroxyl groups is 1. The predicted molar refractivity (Wildman–Crippen MR) is 70.8 cm³/mol. The van der Waals surface area contributed by atoms with Gasteiger partial charge in [-0.05, 0) is 18.2 Å². The standard InChI is InChI=1S/C14H12N2O3/c15-11-5-4-10-12-8(11)2-1-3-9(12)13(18)16(6-7-17)14(10)19/h1-5,17H,6-7,15H2. The third kappa shape index (κ3) is 1.52. The molecule has 3 rings (SSSR count). The first-order chi connectivity index (χ1) is 9.15. The van der Waals surface area contributed by atoms with Gasteiger partial charge in [-0.1, -0.05) is 12.1 Å². The molecule has 96 valence electrons. The molecule has 0 spiro atoms. The van der Waals surface area contributed by atoms with E-state index in [1.807, 2.05) is 0 Å². The van der Waals surface area contributed by atoms with Gasteiger partial charge in [0.15, 0.2) is 0 Å². The molecular weight excluding hydrogens is 244 g/mol. The molecular formula is C14H12N2O3. The maximum atomic E-state index is 12.3. The van der Waals surface area contributed by atoms with Crippen molar-refractivity contribution in [1.82, 2.24) is 4.90 Å². The quantitative estimate of drug-likeness (QED) is 0.620. The summed E-state index contributed by atoms with van der Waals surface area (Å²) in [7, 11) is 0. The molecule has 0 atom stereocenters. The Morgan fingerprint density at radius 2 is 1.74 bits per heavy atom. The Hall–Kier alpha value is -2.40. The molecule has 0 saturated heterocycles. The summed E-state index contributed by atoms with van der Waals surface area (Å²) in [4.78, 5) is 25.6. The molecule has 0 aliphatic carbocycles. The van der Waals surface area contributed by atoms with Crippen LogP contribution in [-0.2, 0) is 0 Å². The summed E-state index contributed by atoms with van der Waals surface area (Å²) in [6.45, 7) is -0.254. The van der Waals surface area contributed by atoms with E-state index in [0.29, 0.717) is 27.6 Å². The molecule has 1 heterocycles. The molecule has 0 radical (unpaired) electrons. The minimum absolute atomic E-state index is 0.00211. The molecule has 5 nitrogen and oxygen atoms in total. The van der Waals surface area contributed by atoms with Gasteiger partial charge in [0, 0.05) is 27.6 Å². The zero-order valence-corrected chi connectivity index (χ0v) is 10.1. The number of aliphatic hydroxyl groups excluding tert-OH is 1. The lowest BCUT2D eigenvalue weighted by Gasteiger charge is -2.26. The molecule has 3 N–H and O–H groups in total. The molecule has 19 heavy (non-hydrogen) atoms. The number of β-amino-alcohol motifs (C(OH)–C–C–N with tert-alkyl or cyclic N) is 1. The molecule has 2 aromatic rings. The van der Waals surface area contributed by atoms with Crippen molar-refractivity contribution in [2.45, 2.75) is 0 Å². The SMILES string of the molecule is Nc1ccc2c3c(cccc13)C(=O)N(CCO)C2=O. The third-order valence-corrected chi connectivity index (χ3v) is 3.35. The number of nitrogens with zero attached hydrogens (tertiary/aromatic N) is 1. The fraction of sp³-hybridized carbons (Fsp3) is 0.143. The summed E-state index contributed by atoms with van der Waals surface area (Å²) in [5, 5.41) is 10.3. The molecule has 0 fully saturated rings. The van der Waals surface area contributed by atoms with Crippen LogP contribution >= 0.6 is 0 Å². The summed E-state index contributed by atoms with van der Waals surface area (Å²) < 4.78 is 0. The number of carbonyl (C=O) groups is 2. The lowest BCUT2D eigenvalue weighted by atomic mass is 9.93. The van der Waals surface area contributed by atoms with Crippen LogP contribution in [-0.4, -0.2) is 35.0 Å². The van der Waals surface area contributed by atoms with Gasteiger partial charge in [0.05, 0.1) is 13.2 Å². The van der Waals surface area contributed by atoms with E-state index in [1.54, 1.807) is 30.3 Å². The average molecular weight is 256 g/mol. The second-order valence-electron chi connectivity index (χ2n) is 4.42. The first kappa shape index (κ1) is 11.7. The van der Waals surface area contributed by atoms with Crippen LogP contribution < -0.4 is 5.73 Å². The summed E-state index contributed by atoms with van der Waals surface area (Å²) in [5.74, 6) is -0.773. The third-order valence-electron chi connectivity index (χ3n) is 3.35. The van der Waals surface area contributed by atoms with E-state index in [1.165, 1.54) is 0 Å². The molecule has 0 aromatic heterocycles. The van der Waals surface area contributed by atoms with Gasteiger partial charge in [-0.25, -0.2) is 0 Å². The van der Waals surface area contributed by atoms with Crippen molar-refractivity contribution >= 4 is 28.3 Å². The van der Waals surface area contributed by atoms with Crippen LogP contribution in [0.2, 0.25) is 0 Å². The maximum Gasteiger partial charge on any atom is 0.261 e. The number of amides is 2. The van der Waals surface area contributed by atoms with E-state index in [9.17, 15) is 9.59 Å². The van der Waals surface area contributed by atoms with Gasteiger partial charge in [-0.2, -0.15) is 0 Å². The van der Waals surface area contributed by atoms with Crippen LogP contribution in [0.1, 0.15) is 20.7 Å². The number of anilines is 1. The first-order valence-corrected chi connectivity index (χ1v) is 5.93. The minimum atomic E-state index is -0.386. The van der Waals surface area contributed by atoms with Crippen LogP contribution in [0, 0.1) is 0 Å². The first-order valence-electron chi connectivity index (χ1n) is 5.93. The van der Waals surface area contributed by atoms with Crippen molar-refractivity contribution in [2.24, 2.45) is 0 Å². The number of rotatable bonds is 2. The largest absolute Gasteiger partial charge is 0.398 e. The summed E-state index contributed by atoms with van der Waals surface area (Å²) in [5.41, 5.74) is 7.32. The number of hydrogen-bond acceptors (Lipinski definition) is 4. The molecule has 0 bridgehead atoms. The average Bonchev–Trinajstić information content (AvgIpc) is 2.42. The number of carbonyl (C=O) groups excluding carboxylic acids is 2. The Morgan fingerprint density at radius 1 is 1.05 bits per heavy atom. The van der Waals surface area contributed by atoms with Gasteiger partial charge in [-0.15, -0.1) is 0 Å². The van der Waals surface area contributed by atoms with Crippen molar-refractivity contribution in [3.05, 3.63) is 41.5 Å². The molecule has 1 aliphatic heterocycles. The van der Waals surface area contributed by atoms with E-state index < -0.39 is 0 Å². The number of nitrogens with two attached hydrogens (primary N) is 1. The van der Waals surface area contributed by atoms with Gasteiger partial charge in [-0.3, -0.25) is 14.5 Å². The smallest absolute Gasteiger partial charge is 0.261 e. The highest BCUT2D eigenvalue weighted by molar-refractivity contribution is 6.26. The number of imide groups is 1. The minimum Gasteiger partial charge on any atom is -0.398 e. The number of hydrogen-bond donors (Lipinski definition) is 2. The highest BCUT2D eigenvalue weighted by Crippen LogP contribution is 2.32. The maximum absolute atomic E-state index is 12.3. The van der Waals surface area contributed by atoms with Crippen LogP contribution in [0.5, 0.6) is 0 Å². The van der Waals surface area contributed by atoms with Crippen LogP contribution in [0.3, 0.4) is 0 Å². The van der Waals surface area contributed by atoms with Gasteiger partial charge in [0.25, 0.3) is 11.8 Å². The number of nitrogen functional groups attached to an aromatic ring is 1. The highest BCUT2D eigenvalue weighted by atomic mass is 16.3. The van der Waals surface area contributed by atoms with E-state index in [4.69, 9.17) is 10.8 Å². The number of benzene rings is 2. The lowest BCUT2D eigenvalue weighted by Crippen LogP contribution is -2.41. The molecule has 0 saturated carbocycles. The van der Waals surface area contributed by atoms with Crippen molar-refractivity contribution in [1.29, 1.82) is 0 Å². The lowest BCUT2D eigenvalue weighted by molar-refractivity contribution is 0.0580. The molecule has 2 aromatic carbocycles. The molecule has 0 unspecified atom stereocenters. The fourth-order valence-corrected chi connectivity index (χ4v) is 2.47. The van der Waals surface area contributed by atoms with Gasteiger partial charge >= 0.3 is 0 Å². The predicted octanol–water partition coefficient (Wildman–Crippen LogP) is 1.01. The Bertz CT molecular complexity index is 687. The van der Waals surface area contributed by atoms with Crippen molar-refractivity contribution in [3.63, 3.8) is 0 Å². The van der Waals surface area contributed by atoms with Gasteiger partial charge in [0.1, 0.15) is 0 Å². The Morgan fingerprint density at radius 3 is 2.42 bits per heavy atom. The Kier molecular flexibility index (Phi) is 2.50. The van der Waals surface area contributed by atoms with E-state index in [-0.39, 0.29) is 25.0 Å². The summed E-state index contributed by atoms with van der Waals surface area (Å²) in [6, 6.07) is 8.49. The zero-order valence-electron chi connectivity index (χ0n) is 10.1.